The number of aryl methyl sites for hydroxylation is 1. The molecule has 1 aromatic rings. The molecule has 1 saturated heterocycles. The molecule has 21 heavy (non-hydrogen) atoms. The first kappa shape index (κ1) is 15.3. The van der Waals surface area contributed by atoms with Crippen molar-refractivity contribution in [2.75, 3.05) is 24.6 Å². The van der Waals surface area contributed by atoms with E-state index in [1.54, 1.807) is 19.1 Å². The number of nitro benzene ring substituents is 1. The van der Waals surface area contributed by atoms with Gasteiger partial charge in [-0.05, 0) is 38.3 Å². The average Bonchev–Trinajstić information content (AvgIpc) is 2.47. The van der Waals surface area contributed by atoms with Gasteiger partial charge < -0.3 is 9.64 Å². The highest BCUT2D eigenvalue weighted by molar-refractivity contribution is 5.74. The Morgan fingerprint density at radius 1 is 1.52 bits per heavy atom. The Labute approximate surface area is 123 Å². The van der Waals surface area contributed by atoms with Crippen LogP contribution >= 0.6 is 0 Å². The van der Waals surface area contributed by atoms with Crippen molar-refractivity contribution in [3.8, 4) is 0 Å². The van der Waals surface area contributed by atoms with Gasteiger partial charge in [0.2, 0.25) is 0 Å². The van der Waals surface area contributed by atoms with Gasteiger partial charge in [-0.3, -0.25) is 14.9 Å². The molecule has 6 heteroatoms. The van der Waals surface area contributed by atoms with Crippen LogP contribution in [0.5, 0.6) is 0 Å². The van der Waals surface area contributed by atoms with Crippen molar-refractivity contribution >= 4 is 17.3 Å². The smallest absolute Gasteiger partial charge is 0.310 e. The van der Waals surface area contributed by atoms with Crippen molar-refractivity contribution < 1.29 is 14.5 Å². The van der Waals surface area contributed by atoms with E-state index >= 15 is 0 Å². The van der Waals surface area contributed by atoms with Crippen LogP contribution in [-0.4, -0.2) is 30.6 Å². The van der Waals surface area contributed by atoms with Crippen LogP contribution in [0.25, 0.3) is 0 Å². The summed E-state index contributed by atoms with van der Waals surface area (Å²) in [6, 6.07) is 5.20. The maximum absolute atomic E-state index is 11.9. The number of nitro groups is 1. The van der Waals surface area contributed by atoms with Crippen molar-refractivity contribution in [3.63, 3.8) is 0 Å². The summed E-state index contributed by atoms with van der Waals surface area (Å²) in [4.78, 5) is 24.6. The second kappa shape index (κ2) is 6.56. The van der Waals surface area contributed by atoms with E-state index in [4.69, 9.17) is 4.74 Å². The number of carbonyl (C=O) groups is 1. The topological polar surface area (TPSA) is 72.7 Å². The molecule has 0 N–H and O–H groups in total. The van der Waals surface area contributed by atoms with Crippen molar-refractivity contribution in [2.24, 2.45) is 5.92 Å². The van der Waals surface area contributed by atoms with Gasteiger partial charge in [0.05, 0.1) is 17.4 Å². The lowest BCUT2D eigenvalue weighted by molar-refractivity contribution is -0.384. The number of anilines is 1. The Morgan fingerprint density at radius 2 is 2.29 bits per heavy atom. The number of esters is 1. The molecule has 6 nitrogen and oxygen atoms in total. The highest BCUT2D eigenvalue weighted by Gasteiger charge is 2.29. The number of benzene rings is 1. The number of nitrogens with zero attached hydrogens (tertiary/aromatic N) is 2. The zero-order valence-corrected chi connectivity index (χ0v) is 12.4. The zero-order valence-electron chi connectivity index (χ0n) is 12.4. The lowest BCUT2D eigenvalue weighted by Crippen LogP contribution is -2.39. The van der Waals surface area contributed by atoms with Crippen LogP contribution in [0.15, 0.2) is 18.2 Å². The summed E-state index contributed by atoms with van der Waals surface area (Å²) < 4.78 is 5.06. The molecule has 0 aliphatic carbocycles. The Balaban J connectivity index is 2.22. The predicted molar refractivity (Wildman–Crippen MR) is 79.4 cm³/mol. The standard InChI is InChI=1S/C15H20N2O4/c1-3-21-15(18)12-5-4-8-16(10-12)13-7-6-11(2)9-14(13)17(19)20/h6-7,9,12H,3-5,8,10H2,1-2H3. The molecule has 1 atom stereocenters. The van der Waals surface area contributed by atoms with E-state index in [0.29, 0.717) is 18.8 Å². The van der Waals surface area contributed by atoms with Gasteiger partial charge in [-0.1, -0.05) is 6.07 Å². The van der Waals surface area contributed by atoms with Crippen LogP contribution in [-0.2, 0) is 9.53 Å². The second-order valence-electron chi connectivity index (χ2n) is 5.29. The molecule has 0 spiro atoms. The molecule has 2 rings (SSSR count). The van der Waals surface area contributed by atoms with E-state index in [-0.39, 0.29) is 22.5 Å². The van der Waals surface area contributed by atoms with Crippen molar-refractivity contribution in [2.45, 2.75) is 26.7 Å². The summed E-state index contributed by atoms with van der Waals surface area (Å²) in [5.74, 6) is -0.420. The molecular formula is C15H20N2O4. The highest BCUT2D eigenvalue weighted by atomic mass is 16.6. The number of piperidine rings is 1. The van der Waals surface area contributed by atoms with E-state index in [2.05, 4.69) is 0 Å². The molecule has 1 fully saturated rings. The van der Waals surface area contributed by atoms with Gasteiger partial charge in [0, 0.05) is 19.2 Å². The summed E-state index contributed by atoms with van der Waals surface area (Å²) in [6.07, 6.45) is 1.60. The molecule has 0 bridgehead atoms. The third-order valence-electron chi connectivity index (χ3n) is 3.71. The van der Waals surface area contributed by atoms with E-state index < -0.39 is 0 Å². The first-order valence-corrected chi connectivity index (χ1v) is 7.19. The maximum atomic E-state index is 11.9. The Morgan fingerprint density at radius 3 is 2.95 bits per heavy atom. The average molecular weight is 292 g/mol. The molecular weight excluding hydrogens is 272 g/mol. The van der Waals surface area contributed by atoms with Crippen LogP contribution in [0.2, 0.25) is 0 Å². The van der Waals surface area contributed by atoms with E-state index in [9.17, 15) is 14.9 Å². The normalized spacial score (nSPS) is 18.4. The monoisotopic (exact) mass is 292 g/mol. The summed E-state index contributed by atoms with van der Waals surface area (Å²) in [7, 11) is 0. The second-order valence-corrected chi connectivity index (χ2v) is 5.29. The number of ether oxygens (including phenoxy) is 1. The Kier molecular flexibility index (Phi) is 4.77. The van der Waals surface area contributed by atoms with Crippen LogP contribution in [0.4, 0.5) is 11.4 Å². The first-order chi connectivity index (χ1) is 10.0. The van der Waals surface area contributed by atoms with Gasteiger partial charge in [0.15, 0.2) is 0 Å². The minimum atomic E-state index is -0.365. The van der Waals surface area contributed by atoms with Gasteiger partial charge in [0.25, 0.3) is 5.69 Å². The SMILES string of the molecule is CCOC(=O)C1CCCN(c2ccc(C)cc2[N+](=O)[O-])C1. The fraction of sp³-hybridized carbons (Fsp3) is 0.533. The highest BCUT2D eigenvalue weighted by Crippen LogP contribution is 2.32. The molecule has 114 valence electrons. The van der Waals surface area contributed by atoms with Gasteiger partial charge in [-0.2, -0.15) is 0 Å². The quantitative estimate of drug-likeness (QED) is 0.484. The third-order valence-corrected chi connectivity index (χ3v) is 3.71. The van der Waals surface area contributed by atoms with Gasteiger partial charge in [-0.25, -0.2) is 0 Å². The summed E-state index contributed by atoms with van der Waals surface area (Å²) >= 11 is 0. The lowest BCUT2D eigenvalue weighted by atomic mass is 9.97. The molecule has 1 aromatic carbocycles. The molecule has 1 unspecified atom stereocenters. The maximum Gasteiger partial charge on any atom is 0.310 e. The van der Waals surface area contributed by atoms with Gasteiger partial charge in [-0.15, -0.1) is 0 Å². The molecule has 1 aliphatic rings. The third kappa shape index (κ3) is 3.51. The van der Waals surface area contributed by atoms with Crippen LogP contribution < -0.4 is 4.90 Å². The number of rotatable bonds is 4. The summed E-state index contributed by atoms with van der Waals surface area (Å²) in [6.45, 7) is 5.17. The van der Waals surface area contributed by atoms with E-state index in [1.807, 2.05) is 17.9 Å². The first-order valence-electron chi connectivity index (χ1n) is 7.19. The molecule has 0 saturated carbocycles. The Bertz CT molecular complexity index is 544. The van der Waals surface area contributed by atoms with E-state index in [0.717, 1.165) is 24.9 Å². The summed E-state index contributed by atoms with van der Waals surface area (Å²) in [5, 5.41) is 11.2. The van der Waals surface area contributed by atoms with Gasteiger partial charge in [0.1, 0.15) is 5.69 Å². The minimum Gasteiger partial charge on any atom is -0.466 e. The molecule has 0 amide bonds. The molecule has 1 heterocycles. The van der Waals surface area contributed by atoms with Gasteiger partial charge >= 0.3 is 5.97 Å². The number of hydrogen-bond donors (Lipinski definition) is 0. The molecule has 0 radical (unpaired) electrons. The molecule has 0 aromatic heterocycles. The lowest BCUT2D eigenvalue weighted by Gasteiger charge is -2.32. The van der Waals surface area contributed by atoms with Crippen molar-refractivity contribution in [1.82, 2.24) is 0 Å². The minimum absolute atomic E-state index is 0.0968. The molecule has 1 aliphatic heterocycles. The van der Waals surface area contributed by atoms with Crippen LogP contribution in [0, 0.1) is 23.0 Å². The fourth-order valence-corrected chi connectivity index (χ4v) is 2.70. The van der Waals surface area contributed by atoms with Crippen LogP contribution in [0.1, 0.15) is 25.3 Å². The zero-order chi connectivity index (χ0) is 15.4. The van der Waals surface area contributed by atoms with Crippen molar-refractivity contribution in [3.05, 3.63) is 33.9 Å². The van der Waals surface area contributed by atoms with Crippen LogP contribution in [0.3, 0.4) is 0 Å². The predicted octanol–water partition coefficient (Wildman–Crippen LogP) is 2.68. The summed E-state index contributed by atoms with van der Waals surface area (Å²) in [5.41, 5.74) is 1.53. The number of hydrogen-bond acceptors (Lipinski definition) is 5. The fourth-order valence-electron chi connectivity index (χ4n) is 2.70. The Hall–Kier alpha value is -2.11. The number of carbonyl (C=O) groups excluding carboxylic acids is 1. The largest absolute Gasteiger partial charge is 0.466 e. The van der Waals surface area contributed by atoms with Crippen molar-refractivity contribution in [1.29, 1.82) is 0 Å². The van der Waals surface area contributed by atoms with E-state index in [1.165, 1.54) is 0 Å².